The summed E-state index contributed by atoms with van der Waals surface area (Å²) >= 11 is 0. The van der Waals surface area contributed by atoms with E-state index in [9.17, 15) is 27.5 Å². The molecule has 0 radical (unpaired) electrons. The van der Waals surface area contributed by atoms with Gasteiger partial charge in [-0.1, -0.05) is 30.3 Å². The molecular weight excluding hydrogens is 566 g/mol. The van der Waals surface area contributed by atoms with Gasteiger partial charge in [0.15, 0.2) is 11.5 Å². The van der Waals surface area contributed by atoms with Crippen LogP contribution in [-0.2, 0) is 12.8 Å². The van der Waals surface area contributed by atoms with Crippen LogP contribution in [0, 0.1) is 19.7 Å². The van der Waals surface area contributed by atoms with E-state index in [4.69, 9.17) is 9.47 Å². The minimum absolute atomic E-state index is 0.106. The maximum atomic E-state index is 14.4. The van der Waals surface area contributed by atoms with Crippen molar-refractivity contribution in [3.05, 3.63) is 113 Å². The molecule has 43 heavy (non-hydrogen) atoms. The number of hydrogen-bond donors (Lipinski definition) is 1. The summed E-state index contributed by atoms with van der Waals surface area (Å²) in [6, 6.07) is 19.7. The number of carbonyl (C=O) groups is 1. The zero-order valence-electron chi connectivity index (χ0n) is 23.2. The molecule has 2 heterocycles. The summed E-state index contributed by atoms with van der Waals surface area (Å²) in [6.07, 6.45) is -4.41. The first-order valence-electron chi connectivity index (χ1n) is 13.0. The fourth-order valence-electron chi connectivity index (χ4n) is 4.74. The van der Waals surface area contributed by atoms with Gasteiger partial charge in [-0.2, -0.15) is 18.3 Å². The number of aromatic carboxylic acids is 1. The number of carboxylic acid groups (broad SMARTS) is 1. The SMILES string of the molecule is COc1ccc(-c2ccc(COc3ccc(F)cc3-c3cccc(-n4ncc(C(=O)O)c4C(F)(F)F)n3)c(C)c2)c(C)c1. The van der Waals surface area contributed by atoms with Gasteiger partial charge in [0.1, 0.15) is 29.5 Å². The Labute approximate surface area is 244 Å². The first-order valence-corrected chi connectivity index (χ1v) is 13.0. The molecular formula is C32H25F4N3O4. The molecule has 5 aromatic rings. The molecule has 7 nitrogen and oxygen atoms in total. The number of ether oxygens (including phenoxy) is 2. The van der Waals surface area contributed by atoms with E-state index in [0.717, 1.165) is 33.6 Å². The van der Waals surface area contributed by atoms with Crippen LogP contribution in [0.15, 0.2) is 79.0 Å². The Balaban J connectivity index is 1.44. The van der Waals surface area contributed by atoms with Gasteiger partial charge in [0.05, 0.1) is 19.0 Å². The van der Waals surface area contributed by atoms with Gasteiger partial charge < -0.3 is 14.6 Å². The lowest BCUT2D eigenvalue weighted by atomic mass is 9.97. The van der Waals surface area contributed by atoms with Crippen molar-refractivity contribution in [3.63, 3.8) is 0 Å². The van der Waals surface area contributed by atoms with E-state index in [-0.39, 0.29) is 29.4 Å². The molecule has 2 aromatic heterocycles. The molecule has 0 fully saturated rings. The summed E-state index contributed by atoms with van der Waals surface area (Å²) in [4.78, 5) is 15.6. The van der Waals surface area contributed by atoms with Gasteiger partial charge >= 0.3 is 12.1 Å². The van der Waals surface area contributed by atoms with Crippen LogP contribution < -0.4 is 9.47 Å². The zero-order chi connectivity index (χ0) is 30.9. The van der Waals surface area contributed by atoms with Gasteiger partial charge in [-0.15, -0.1) is 0 Å². The lowest BCUT2D eigenvalue weighted by molar-refractivity contribution is -0.143. The predicted molar refractivity (Wildman–Crippen MR) is 151 cm³/mol. The van der Waals surface area contributed by atoms with Gasteiger partial charge in [0.2, 0.25) is 0 Å². The summed E-state index contributed by atoms with van der Waals surface area (Å²) in [5, 5.41) is 12.8. The van der Waals surface area contributed by atoms with Gasteiger partial charge in [-0.05, 0) is 84.1 Å². The van der Waals surface area contributed by atoms with Gasteiger partial charge in [-0.3, -0.25) is 0 Å². The van der Waals surface area contributed by atoms with E-state index in [1.54, 1.807) is 7.11 Å². The van der Waals surface area contributed by atoms with E-state index in [1.807, 2.05) is 50.2 Å². The molecule has 0 saturated heterocycles. The number of aromatic nitrogens is 3. The Bertz CT molecular complexity index is 1830. The van der Waals surface area contributed by atoms with E-state index < -0.39 is 29.2 Å². The second-order valence-electron chi connectivity index (χ2n) is 9.75. The van der Waals surface area contributed by atoms with Gasteiger partial charge in [-0.25, -0.2) is 18.9 Å². The normalized spacial score (nSPS) is 11.4. The number of pyridine rings is 1. The Hall–Kier alpha value is -5.19. The Morgan fingerprint density at radius 1 is 0.953 bits per heavy atom. The molecule has 5 rings (SSSR count). The minimum Gasteiger partial charge on any atom is -0.497 e. The Morgan fingerprint density at radius 2 is 1.74 bits per heavy atom. The molecule has 0 aliphatic rings. The number of rotatable bonds is 8. The summed E-state index contributed by atoms with van der Waals surface area (Å²) < 4.78 is 67.4. The van der Waals surface area contributed by atoms with Crippen LogP contribution >= 0.6 is 0 Å². The average molecular weight is 592 g/mol. The van der Waals surface area contributed by atoms with Gasteiger partial charge in [0, 0.05) is 5.56 Å². The van der Waals surface area contributed by atoms with Crippen LogP contribution in [0.3, 0.4) is 0 Å². The van der Waals surface area contributed by atoms with Crippen molar-refractivity contribution < 1.29 is 36.9 Å². The minimum atomic E-state index is -5.02. The highest BCUT2D eigenvalue weighted by atomic mass is 19.4. The van der Waals surface area contributed by atoms with E-state index >= 15 is 0 Å². The van der Waals surface area contributed by atoms with Crippen molar-refractivity contribution in [2.24, 2.45) is 0 Å². The van der Waals surface area contributed by atoms with Crippen LogP contribution in [0.1, 0.15) is 32.7 Å². The number of hydrogen-bond acceptors (Lipinski definition) is 5. The van der Waals surface area contributed by atoms with E-state index in [0.29, 0.717) is 10.9 Å². The van der Waals surface area contributed by atoms with E-state index in [1.165, 1.54) is 36.4 Å². The first-order chi connectivity index (χ1) is 20.5. The van der Waals surface area contributed by atoms with E-state index in [2.05, 4.69) is 10.1 Å². The predicted octanol–water partition coefficient (Wildman–Crippen LogP) is 7.66. The van der Waals surface area contributed by atoms with Crippen LogP contribution in [0.5, 0.6) is 11.5 Å². The molecule has 1 N–H and O–H groups in total. The molecule has 220 valence electrons. The van der Waals surface area contributed by atoms with Crippen molar-refractivity contribution in [2.75, 3.05) is 7.11 Å². The van der Waals surface area contributed by atoms with Crippen molar-refractivity contribution in [3.8, 4) is 39.7 Å². The highest BCUT2D eigenvalue weighted by Crippen LogP contribution is 2.35. The number of halogens is 4. The molecule has 0 aliphatic heterocycles. The third-order valence-electron chi connectivity index (χ3n) is 6.91. The van der Waals surface area contributed by atoms with Crippen molar-refractivity contribution in [1.82, 2.24) is 14.8 Å². The number of aryl methyl sites for hydroxylation is 2. The third kappa shape index (κ3) is 6.06. The van der Waals surface area contributed by atoms with Crippen molar-refractivity contribution in [2.45, 2.75) is 26.6 Å². The molecule has 3 aromatic carbocycles. The fraction of sp³-hybridized carbons (Fsp3) is 0.156. The monoisotopic (exact) mass is 591 g/mol. The number of carboxylic acids is 1. The summed E-state index contributed by atoms with van der Waals surface area (Å²) in [5.74, 6) is -1.66. The summed E-state index contributed by atoms with van der Waals surface area (Å²) in [7, 11) is 1.62. The second kappa shape index (κ2) is 11.6. The summed E-state index contributed by atoms with van der Waals surface area (Å²) in [5.41, 5.74) is 2.78. The van der Waals surface area contributed by atoms with Crippen molar-refractivity contribution in [1.29, 1.82) is 0 Å². The standard InChI is InChI=1S/C32H25F4N3O4/c1-18-13-20(24-11-10-23(42-3)14-19(24)2)7-8-21(18)17-43-28-12-9-22(33)15-25(28)27-5-4-6-29(38-27)39-30(32(34,35)36)26(16-37-39)31(40)41/h4-16H,17H2,1-3H3,(H,40,41). The number of benzene rings is 3. The average Bonchev–Trinajstić information content (AvgIpc) is 3.44. The lowest BCUT2D eigenvalue weighted by Gasteiger charge is -2.15. The van der Waals surface area contributed by atoms with Crippen molar-refractivity contribution >= 4 is 5.97 Å². The quantitative estimate of drug-likeness (QED) is 0.187. The molecule has 0 amide bonds. The molecule has 0 saturated carbocycles. The second-order valence-corrected chi connectivity index (χ2v) is 9.75. The van der Waals surface area contributed by atoms with Crippen LogP contribution in [0.4, 0.5) is 17.6 Å². The van der Waals surface area contributed by atoms with Gasteiger partial charge in [0.25, 0.3) is 0 Å². The number of alkyl halides is 3. The first kappa shape index (κ1) is 29.3. The molecule has 11 heteroatoms. The van der Waals surface area contributed by atoms with Crippen LogP contribution in [0.2, 0.25) is 0 Å². The molecule has 0 aliphatic carbocycles. The maximum Gasteiger partial charge on any atom is 0.434 e. The lowest BCUT2D eigenvalue weighted by Crippen LogP contribution is -2.18. The number of methoxy groups -OCH3 is 1. The topological polar surface area (TPSA) is 86.5 Å². The molecule has 0 atom stereocenters. The maximum absolute atomic E-state index is 14.4. The Morgan fingerprint density at radius 3 is 2.42 bits per heavy atom. The smallest absolute Gasteiger partial charge is 0.434 e. The Kier molecular flexibility index (Phi) is 7.90. The largest absolute Gasteiger partial charge is 0.497 e. The molecule has 0 bridgehead atoms. The molecule has 0 unspecified atom stereocenters. The fourth-order valence-corrected chi connectivity index (χ4v) is 4.74. The number of nitrogens with zero attached hydrogens (tertiary/aromatic N) is 3. The third-order valence-corrected chi connectivity index (χ3v) is 6.91. The zero-order valence-corrected chi connectivity index (χ0v) is 23.2. The highest BCUT2D eigenvalue weighted by molar-refractivity contribution is 5.89. The highest BCUT2D eigenvalue weighted by Gasteiger charge is 2.41. The van der Waals surface area contributed by atoms with Crippen LogP contribution in [0.25, 0.3) is 28.2 Å². The summed E-state index contributed by atoms with van der Waals surface area (Å²) in [6.45, 7) is 4.08. The van der Waals surface area contributed by atoms with Crippen LogP contribution in [-0.4, -0.2) is 33.0 Å². The molecule has 0 spiro atoms.